The van der Waals surface area contributed by atoms with Gasteiger partial charge in [0.05, 0.1) is 18.7 Å². The molecule has 1 fully saturated rings. The van der Waals surface area contributed by atoms with Gasteiger partial charge in [-0.2, -0.15) is 4.98 Å². The number of fused-ring (bicyclic) bond motifs is 2. The third-order valence-electron chi connectivity index (χ3n) is 6.04. The highest BCUT2D eigenvalue weighted by molar-refractivity contribution is 5.92. The van der Waals surface area contributed by atoms with Crippen molar-refractivity contribution in [3.05, 3.63) is 36.4 Å². The molecule has 2 aromatic carbocycles. The summed E-state index contributed by atoms with van der Waals surface area (Å²) in [5.41, 5.74) is 6.98. The lowest BCUT2D eigenvalue weighted by Gasteiger charge is -2.37. The maximum atomic E-state index is 13.0. The molecule has 1 amide bonds. The number of halogens is 1. The summed E-state index contributed by atoms with van der Waals surface area (Å²) in [5.74, 6) is 3.32. The van der Waals surface area contributed by atoms with Gasteiger partial charge in [-0.3, -0.25) is 4.79 Å². The van der Waals surface area contributed by atoms with Gasteiger partial charge >= 0.3 is 0 Å². The van der Waals surface area contributed by atoms with Crippen LogP contribution < -0.4 is 29.6 Å². The van der Waals surface area contributed by atoms with Crippen LogP contribution in [0.15, 0.2) is 36.4 Å². The largest absolute Gasteiger partial charge is 0.490 e. The Balaban J connectivity index is 0.00000304. The lowest BCUT2D eigenvalue weighted by molar-refractivity contribution is -0.141. The van der Waals surface area contributed by atoms with Crippen molar-refractivity contribution in [3.8, 4) is 23.0 Å². The molecule has 36 heavy (non-hydrogen) atoms. The Morgan fingerprint density at radius 3 is 2.39 bits per heavy atom. The number of amides is 1. The fourth-order valence-corrected chi connectivity index (χ4v) is 4.30. The maximum Gasteiger partial charge on any atom is 0.267 e. The summed E-state index contributed by atoms with van der Waals surface area (Å²) < 4.78 is 23.0. The van der Waals surface area contributed by atoms with Gasteiger partial charge in [0.15, 0.2) is 23.0 Å². The highest BCUT2D eigenvalue weighted by Crippen LogP contribution is 2.35. The number of ether oxygens (including phenoxy) is 4. The average molecular weight is 516 g/mol. The standard InChI is InChI=1S/C25H29N5O5.ClH/c1-3-32-20-13-16-17(14-21(20)33-4-2)27-25(28-23(16)26)30-11-9-29(10-12-30)24(31)22-15-34-18-7-5-6-8-19(18)35-22;/h5-8,13-14,22H,3-4,9-12,15H2,1-2H3,(H2,26,27,28);1H. The Kier molecular flexibility index (Phi) is 7.73. The number of nitrogens with two attached hydrogens (primary N) is 1. The molecule has 1 atom stereocenters. The first kappa shape index (κ1) is 25.4. The van der Waals surface area contributed by atoms with Gasteiger partial charge < -0.3 is 34.5 Å². The van der Waals surface area contributed by atoms with Crippen LogP contribution in [-0.2, 0) is 4.79 Å². The van der Waals surface area contributed by atoms with Crippen LogP contribution in [-0.4, -0.2) is 72.9 Å². The number of rotatable bonds is 6. The molecule has 5 rings (SSSR count). The van der Waals surface area contributed by atoms with Crippen LogP contribution in [0.4, 0.5) is 11.8 Å². The van der Waals surface area contributed by atoms with E-state index in [1.807, 2.05) is 55.1 Å². The van der Waals surface area contributed by atoms with Gasteiger partial charge in [0.1, 0.15) is 12.4 Å². The van der Waals surface area contributed by atoms with Crippen LogP contribution in [0.5, 0.6) is 23.0 Å². The zero-order valence-corrected chi connectivity index (χ0v) is 21.1. The van der Waals surface area contributed by atoms with E-state index in [0.29, 0.717) is 85.1 Å². The molecule has 2 N–H and O–H groups in total. The van der Waals surface area contributed by atoms with Gasteiger partial charge in [-0.15, -0.1) is 12.4 Å². The van der Waals surface area contributed by atoms with Crippen LogP contribution >= 0.6 is 12.4 Å². The Labute approximate surface area is 215 Å². The molecule has 10 nitrogen and oxygen atoms in total. The van der Waals surface area contributed by atoms with Crippen molar-refractivity contribution in [3.63, 3.8) is 0 Å². The molecule has 3 heterocycles. The normalized spacial score (nSPS) is 16.9. The summed E-state index contributed by atoms with van der Waals surface area (Å²) in [4.78, 5) is 26.1. The first-order chi connectivity index (χ1) is 17.1. The molecule has 1 unspecified atom stereocenters. The second-order valence-electron chi connectivity index (χ2n) is 8.27. The number of carbonyl (C=O) groups excluding carboxylic acids is 1. The molecule has 0 radical (unpaired) electrons. The molecular weight excluding hydrogens is 486 g/mol. The zero-order chi connectivity index (χ0) is 24.4. The van der Waals surface area contributed by atoms with Crippen LogP contribution in [0.2, 0.25) is 0 Å². The van der Waals surface area contributed by atoms with Crippen molar-refractivity contribution in [2.75, 3.05) is 56.6 Å². The van der Waals surface area contributed by atoms with Gasteiger partial charge in [-0.05, 0) is 32.0 Å². The fraction of sp³-hybridized carbons (Fsp3) is 0.400. The predicted molar refractivity (Wildman–Crippen MR) is 139 cm³/mol. The van der Waals surface area contributed by atoms with Crippen LogP contribution in [0.3, 0.4) is 0 Å². The second kappa shape index (κ2) is 10.9. The van der Waals surface area contributed by atoms with E-state index in [-0.39, 0.29) is 24.9 Å². The van der Waals surface area contributed by atoms with Crippen molar-refractivity contribution in [1.29, 1.82) is 0 Å². The fourth-order valence-electron chi connectivity index (χ4n) is 4.30. The third kappa shape index (κ3) is 4.99. The van der Waals surface area contributed by atoms with E-state index in [4.69, 9.17) is 29.7 Å². The number of aromatic nitrogens is 2. The van der Waals surface area contributed by atoms with E-state index >= 15 is 0 Å². The molecule has 0 bridgehead atoms. The minimum atomic E-state index is -0.652. The Hall–Kier alpha value is -3.66. The Morgan fingerprint density at radius 2 is 1.69 bits per heavy atom. The zero-order valence-electron chi connectivity index (χ0n) is 20.3. The van der Waals surface area contributed by atoms with Crippen molar-refractivity contribution >= 4 is 41.0 Å². The molecule has 0 spiro atoms. The van der Waals surface area contributed by atoms with E-state index in [2.05, 4.69) is 4.98 Å². The van der Waals surface area contributed by atoms with Gasteiger partial charge in [0.25, 0.3) is 5.91 Å². The van der Waals surface area contributed by atoms with E-state index in [0.717, 1.165) is 0 Å². The number of carbonyl (C=O) groups is 1. The first-order valence-electron chi connectivity index (χ1n) is 11.9. The lowest BCUT2D eigenvalue weighted by Crippen LogP contribution is -2.54. The molecular formula is C25H30ClN5O5. The van der Waals surface area contributed by atoms with E-state index < -0.39 is 6.10 Å². The molecule has 2 aliphatic rings. The monoisotopic (exact) mass is 515 g/mol. The maximum absolute atomic E-state index is 13.0. The molecule has 0 saturated carbocycles. The van der Waals surface area contributed by atoms with Crippen LogP contribution in [0, 0.1) is 0 Å². The Bertz CT molecular complexity index is 1230. The number of anilines is 2. The lowest BCUT2D eigenvalue weighted by atomic mass is 10.2. The molecule has 3 aromatic rings. The SMILES string of the molecule is CCOc1cc2nc(N3CCN(C(=O)C4COc5ccccc5O4)CC3)nc(N)c2cc1OCC.Cl. The molecule has 2 aliphatic heterocycles. The molecule has 1 aromatic heterocycles. The van der Waals surface area contributed by atoms with Crippen LogP contribution in [0.1, 0.15) is 13.8 Å². The second-order valence-corrected chi connectivity index (χ2v) is 8.27. The minimum Gasteiger partial charge on any atom is -0.490 e. The quantitative estimate of drug-likeness (QED) is 0.529. The van der Waals surface area contributed by atoms with Crippen LogP contribution in [0.25, 0.3) is 10.9 Å². The van der Waals surface area contributed by atoms with Crippen molar-refractivity contribution in [2.45, 2.75) is 20.0 Å². The number of nitrogens with zero attached hydrogens (tertiary/aromatic N) is 4. The smallest absolute Gasteiger partial charge is 0.267 e. The van der Waals surface area contributed by atoms with Gasteiger partial charge in [0.2, 0.25) is 12.1 Å². The summed E-state index contributed by atoms with van der Waals surface area (Å²) in [6.45, 7) is 7.26. The van der Waals surface area contributed by atoms with Crippen molar-refractivity contribution < 1.29 is 23.7 Å². The summed E-state index contributed by atoms with van der Waals surface area (Å²) in [6.07, 6.45) is -0.652. The minimum absolute atomic E-state index is 0. The topological polar surface area (TPSA) is 112 Å². The number of hydrogen-bond acceptors (Lipinski definition) is 9. The summed E-state index contributed by atoms with van der Waals surface area (Å²) in [6, 6.07) is 11.0. The Morgan fingerprint density at radius 1 is 1.03 bits per heavy atom. The van der Waals surface area contributed by atoms with Crippen molar-refractivity contribution in [1.82, 2.24) is 14.9 Å². The van der Waals surface area contributed by atoms with E-state index in [1.165, 1.54) is 0 Å². The van der Waals surface area contributed by atoms with E-state index in [9.17, 15) is 4.79 Å². The summed E-state index contributed by atoms with van der Waals surface area (Å²) in [5, 5.41) is 0.712. The highest BCUT2D eigenvalue weighted by Gasteiger charge is 2.33. The number of piperazine rings is 1. The van der Waals surface area contributed by atoms with Gasteiger partial charge in [-0.25, -0.2) is 4.98 Å². The third-order valence-corrected chi connectivity index (χ3v) is 6.04. The number of nitrogen functional groups attached to an aromatic ring is 1. The average Bonchev–Trinajstić information content (AvgIpc) is 2.89. The number of para-hydroxylation sites is 2. The predicted octanol–water partition coefficient (Wildman–Crippen LogP) is 2.92. The summed E-state index contributed by atoms with van der Waals surface area (Å²) in [7, 11) is 0. The molecule has 0 aliphatic carbocycles. The van der Waals surface area contributed by atoms with Crippen molar-refractivity contribution in [2.24, 2.45) is 0 Å². The first-order valence-corrected chi connectivity index (χ1v) is 11.9. The number of hydrogen-bond donors (Lipinski definition) is 1. The number of benzene rings is 2. The summed E-state index contributed by atoms with van der Waals surface area (Å²) >= 11 is 0. The van der Waals surface area contributed by atoms with Gasteiger partial charge in [0, 0.05) is 37.6 Å². The molecule has 11 heteroatoms. The van der Waals surface area contributed by atoms with E-state index in [1.54, 1.807) is 4.90 Å². The van der Waals surface area contributed by atoms with Gasteiger partial charge in [-0.1, -0.05) is 12.1 Å². The molecule has 1 saturated heterocycles. The molecule has 192 valence electrons. The highest BCUT2D eigenvalue weighted by atomic mass is 35.5.